The third-order valence-electron chi connectivity index (χ3n) is 2.56. The fourth-order valence-corrected chi connectivity index (χ4v) is 1.54. The maximum atomic E-state index is 10.6. The summed E-state index contributed by atoms with van der Waals surface area (Å²) in [7, 11) is 0. The third kappa shape index (κ3) is 3.35. The van der Waals surface area contributed by atoms with Crippen LogP contribution in [-0.2, 0) is 14.3 Å². The molecular weight excluding hydrogens is 238 g/mol. The Morgan fingerprint density at radius 3 is 2.61 bits per heavy atom. The SMILES string of the molecule is Nc1ccc(OC[C@@H]2CO[C@@H](C(=O)O)CO2)cc1. The second-order valence-corrected chi connectivity index (χ2v) is 4.00. The van der Waals surface area contributed by atoms with Gasteiger partial charge >= 0.3 is 5.97 Å². The number of nitrogen functional groups attached to an aromatic ring is 1. The molecule has 1 saturated heterocycles. The number of nitrogens with two attached hydrogens (primary N) is 1. The molecule has 6 heteroatoms. The minimum atomic E-state index is -1.01. The van der Waals surface area contributed by atoms with Crippen LogP contribution in [0.3, 0.4) is 0 Å². The van der Waals surface area contributed by atoms with E-state index in [1.807, 2.05) is 0 Å². The summed E-state index contributed by atoms with van der Waals surface area (Å²) in [5.41, 5.74) is 6.22. The summed E-state index contributed by atoms with van der Waals surface area (Å²) < 4.78 is 16.0. The highest BCUT2D eigenvalue weighted by molar-refractivity contribution is 5.72. The Bertz CT molecular complexity index is 397. The molecular formula is C12H15NO5. The van der Waals surface area contributed by atoms with Crippen LogP contribution in [-0.4, -0.2) is 43.1 Å². The van der Waals surface area contributed by atoms with Crippen molar-refractivity contribution in [2.24, 2.45) is 0 Å². The molecule has 0 amide bonds. The number of hydrogen-bond donors (Lipinski definition) is 2. The standard InChI is InChI=1S/C12H15NO5/c13-8-1-3-9(4-2-8)16-5-10-6-18-11(7-17-10)12(14)15/h1-4,10-11H,5-7,13H2,(H,14,15)/t10-,11-/m1/s1. The summed E-state index contributed by atoms with van der Waals surface area (Å²) >= 11 is 0. The molecule has 1 aliphatic heterocycles. The van der Waals surface area contributed by atoms with Crippen molar-refractivity contribution < 1.29 is 24.1 Å². The molecule has 2 rings (SSSR count). The molecule has 0 radical (unpaired) electrons. The van der Waals surface area contributed by atoms with Crippen LogP contribution in [0.2, 0.25) is 0 Å². The van der Waals surface area contributed by atoms with E-state index in [1.165, 1.54) is 0 Å². The topological polar surface area (TPSA) is 91.0 Å². The predicted molar refractivity (Wildman–Crippen MR) is 63.5 cm³/mol. The van der Waals surface area contributed by atoms with Gasteiger partial charge in [-0.1, -0.05) is 0 Å². The molecule has 1 aliphatic rings. The van der Waals surface area contributed by atoms with Gasteiger partial charge in [0.1, 0.15) is 18.5 Å². The highest BCUT2D eigenvalue weighted by atomic mass is 16.6. The number of rotatable bonds is 4. The molecule has 1 fully saturated rings. The number of carbonyl (C=O) groups is 1. The maximum Gasteiger partial charge on any atom is 0.335 e. The summed E-state index contributed by atoms with van der Waals surface area (Å²) in [6.45, 7) is 0.577. The smallest absolute Gasteiger partial charge is 0.335 e. The molecule has 0 aromatic heterocycles. The molecule has 1 heterocycles. The molecule has 0 unspecified atom stereocenters. The molecule has 18 heavy (non-hydrogen) atoms. The lowest BCUT2D eigenvalue weighted by atomic mass is 10.3. The number of benzene rings is 1. The lowest BCUT2D eigenvalue weighted by molar-refractivity contribution is -0.178. The molecule has 0 aliphatic carbocycles. The van der Waals surface area contributed by atoms with Gasteiger partial charge in [0.2, 0.25) is 0 Å². The molecule has 0 saturated carbocycles. The summed E-state index contributed by atoms with van der Waals surface area (Å²) in [5.74, 6) is -0.318. The first-order chi connectivity index (χ1) is 8.65. The largest absolute Gasteiger partial charge is 0.491 e. The van der Waals surface area contributed by atoms with E-state index >= 15 is 0 Å². The third-order valence-corrected chi connectivity index (χ3v) is 2.56. The van der Waals surface area contributed by atoms with Gasteiger partial charge in [0.05, 0.1) is 13.2 Å². The van der Waals surface area contributed by atoms with E-state index in [2.05, 4.69) is 0 Å². The molecule has 2 atom stereocenters. The van der Waals surface area contributed by atoms with Gasteiger partial charge in [0.25, 0.3) is 0 Å². The second-order valence-electron chi connectivity index (χ2n) is 4.00. The van der Waals surface area contributed by atoms with Crippen molar-refractivity contribution in [1.82, 2.24) is 0 Å². The normalized spacial score (nSPS) is 23.6. The first-order valence-corrected chi connectivity index (χ1v) is 5.59. The van der Waals surface area contributed by atoms with E-state index in [0.29, 0.717) is 18.0 Å². The molecule has 1 aromatic carbocycles. The molecule has 98 valence electrons. The average molecular weight is 253 g/mol. The lowest BCUT2D eigenvalue weighted by Gasteiger charge is -2.27. The molecule has 1 aromatic rings. The van der Waals surface area contributed by atoms with Crippen LogP contribution < -0.4 is 10.5 Å². The zero-order valence-electron chi connectivity index (χ0n) is 9.74. The van der Waals surface area contributed by atoms with Crippen LogP contribution in [0, 0.1) is 0 Å². The van der Waals surface area contributed by atoms with Crippen molar-refractivity contribution in [3.63, 3.8) is 0 Å². The summed E-state index contributed by atoms with van der Waals surface area (Å²) in [6.07, 6.45) is -1.13. The Morgan fingerprint density at radius 1 is 1.33 bits per heavy atom. The summed E-state index contributed by atoms with van der Waals surface area (Å²) in [5, 5.41) is 8.71. The van der Waals surface area contributed by atoms with Gasteiger partial charge in [-0.3, -0.25) is 0 Å². The van der Waals surface area contributed by atoms with E-state index in [1.54, 1.807) is 24.3 Å². The van der Waals surface area contributed by atoms with E-state index in [4.69, 9.17) is 25.1 Å². The number of aliphatic carboxylic acids is 1. The zero-order valence-corrected chi connectivity index (χ0v) is 9.74. The highest BCUT2D eigenvalue weighted by Crippen LogP contribution is 2.15. The Hall–Kier alpha value is -1.79. The first-order valence-electron chi connectivity index (χ1n) is 5.59. The van der Waals surface area contributed by atoms with Crippen LogP contribution in [0.15, 0.2) is 24.3 Å². The monoisotopic (exact) mass is 253 g/mol. The van der Waals surface area contributed by atoms with Gasteiger partial charge in [0.15, 0.2) is 6.10 Å². The van der Waals surface area contributed by atoms with E-state index in [-0.39, 0.29) is 19.3 Å². The van der Waals surface area contributed by atoms with Crippen molar-refractivity contribution >= 4 is 11.7 Å². The quantitative estimate of drug-likeness (QED) is 0.760. The Kier molecular flexibility index (Phi) is 4.01. The lowest BCUT2D eigenvalue weighted by Crippen LogP contribution is -2.42. The zero-order chi connectivity index (χ0) is 13.0. The van der Waals surface area contributed by atoms with Crippen molar-refractivity contribution in [2.45, 2.75) is 12.2 Å². The minimum absolute atomic E-state index is 0.0467. The highest BCUT2D eigenvalue weighted by Gasteiger charge is 2.27. The van der Waals surface area contributed by atoms with Gasteiger partial charge < -0.3 is 25.1 Å². The van der Waals surface area contributed by atoms with Crippen molar-refractivity contribution in [2.75, 3.05) is 25.6 Å². The van der Waals surface area contributed by atoms with Crippen LogP contribution in [0.1, 0.15) is 0 Å². The number of anilines is 1. The van der Waals surface area contributed by atoms with Crippen LogP contribution in [0.25, 0.3) is 0 Å². The van der Waals surface area contributed by atoms with Crippen LogP contribution >= 0.6 is 0 Å². The molecule has 6 nitrogen and oxygen atoms in total. The van der Waals surface area contributed by atoms with Crippen molar-refractivity contribution in [3.05, 3.63) is 24.3 Å². The minimum Gasteiger partial charge on any atom is -0.491 e. The Balaban J connectivity index is 1.75. The Labute approximate surface area is 104 Å². The average Bonchev–Trinajstić information content (AvgIpc) is 2.38. The van der Waals surface area contributed by atoms with Gasteiger partial charge in [0, 0.05) is 5.69 Å². The predicted octanol–water partition coefficient (Wildman–Crippen LogP) is 0.516. The summed E-state index contributed by atoms with van der Waals surface area (Å²) in [6, 6.07) is 7.01. The van der Waals surface area contributed by atoms with Crippen molar-refractivity contribution in [1.29, 1.82) is 0 Å². The van der Waals surface area contributed by atoms with Crippen LogP contribution in [0.5, 0.6) is 5.75 Å². The molecule has 0 bridgehead atoms. The number of ether oxygens (including phenoxy) is 3. The van der Waals surface area contributed by atoms with Gasteiger partial charge in [-0.2, -0.15) is 0 Å². The fourth-order valence-electron chi connectivity index (χ4n) is 1.54. The fraction of sp³-hybridized carbons (Fsp3) is 0.417. The number of carboxylic acid groups (broad SMARTS) is 1. The van der Waals surface area contributed by atoms with E-state index < -0.39 is 12.1 Å². The second kappa shape index (κ2) is 5.70. The number of carboxylic acids is 1. The first kappa shape index (κ1) is 12.7. The molecule has 3 N–H and O–H groups in total. The van der Waals surface area contributed by atoms with Gasteiger partial charge in [-0.05, 0) is 24.3 Å². The van der Waals surface area contributed by atoms with Crippen LogP contribution in [0.4, 0.5) is 5.69 Å². The summed E-state index contributed by atoms with van der Waals surface area (Å²) in [4.78, 5) is 10.6. The van der Waals surface area contributed by atoms with Gasteiger partial charge in [-0.15, -0.1) is 0 Å². The Morgan fingerprint density at radius 2 is 2.06 bits per heavy atom. The van der Waals surface area contributed by atoms with E-state index in [0.717, 1.165) is 0 Å². The molecule has 0 spiro atoms. The maximum absolute atomic E-state index is 10.6. The van der Waals surface area contributed by atoms with Crippen molar-refractivity contribution in [3.8, 4) is 5.75 Å². The number of hydrogen-bond acceptors (Lipinski definition) is 5. The van der Waals surface area contributed by atoms with E-state index in [9.17, 15) is 4.79 Å². The van der Waals surface area contributed by atoms with Gasteiger partial charge in [-0.25, -0.2) is 4.79 Å².